The van der Waals surface area contributed by atoms with Gasteiger partial charge in [-0.2, -0.15) is 0 Å². The van der Waals surface area contributed by atoms with Crippen molar-refractivity contribution in [3.05, 3.63) is 57.1 Å². The molecular weight excluding hydrogens is 365 g/mol. The molecule has 20 heavy (non-hydrogen) atoms. The van der Waals surface area contributed by atoms with E-state index in [0.29, 0.717) is 12.1 Å². The normalized spacial score (nSPS) is 10.8. The third-order valence-electron chi connectivity index (χ3n) is 3.08. The number of nitrogens with zero attached hydrogens (tertiary/aromatic N) is 1. The van der Waals surface area contributed by atoms with Crippen LogP contribution in [0.5, 0.6) is 0 Å². The zero-order chi connectivity index (χ0) is 14.7. The summed E-state index contributed by atoms with van der Waals surface area (Å²) in [5.41, 5.74) is 0.717. The molecule has 0 saturated heterocycles. The Labute approximate surface area is 133 Å². The number of carbonyl (C=O) groups is 1. The van der Waals surface area contributed by atoms with Gasteiger partial charge in [-0.25, -0.2) is 0 Å². The molecule has 0 spiro atoms. The minimum absolute atomic E-state index is 0.0348. The van der Waals surface area contributed by atoms with Gasteiger partial charge in [-0.3, -0.25) is 4.79 Å². The first-order valence-electron chi connectivity index (χ1n) is 6.59. The maximum absolute atomic E-state index is 12.6. The van der Waals surface area contributed by atoms with Crippen molar-refractivity contribution in [2.45, 2.75) is 33.4 Å². The molecule has 2 rings (SSSR count). The van der Waals surface area contributed by atoms with Crippen LogP contribution in [0.4, 0.5) is 0 Å². The summed E-state index contributed by atoms with van der Waals surface area (Å²) >= 11 is 2.22. The van der Waals surface area contributed by atoms with Gasteiger partial charge in [0.2, 0.25) is 0 Å². The Balaban J connectivity index is 2.22. The fourth-order valence-corrected chi connectivity index (χ4v) is 2.56. The van der Waals surface area contributed by atoms with Crippen LogP contribution in [0.15, 0.2) is 40.8 Å². The summed E-state index contributed by atoms with van der Waals surface area (Å²) in [5.74, 6) is 1.72. The van der Waals surface area contributed by atoms with Crippen molar-refractivity contribution in [1.29, 1.82) is 0 Å². The molecule has 0 unspecified atom stereocenters. The molecule has 0 atom stereocenters. The van der Waals surface area contributed by atoms with Crippen LogP contribution in [0.25, 0.3) is 0 Å². The average Bonchev–Trinajstić information content (AvgIpc) is 2.80. The number of carbonyl (C=O) groups excluding carboxylic acids is 1. The molecule has 0 bridgehead atoms. The van der Waals surface area contributed by atoms with Crippen LogP contribution in [-0.2, 0) is 6.54 Å². The minimum Gasteiger partial charge on any atom is -0.464 e. The Bertz CT molecular complexity index is 604. The van der Waals surface area contributed by atoms with Crippen molar-refractivity contribution < 1.29 is 9.21 Å². The summed E-state index contributed by atoms with van der Waals surface area (Å²) in [6.45, 7) is 6.43. The van der Waals surface area contributed by atoms with E-state index in [9.17, 15) is 4.79 Å². The molecule has 0 fully saturated rings. The largest absolute Gasteiger partial charge is 0.464 e. The highest BCUT2D eigenvalue weighted by Gasteiger charge is 2.20. The zero-order valence-electron chi connectivity index (χ0n) is 11.9. The lowest BCUT2D eigenvalue weighted by molar-refractivity contribution is 0.0675. The predicted octanol–water partition coefficient (Wildman–Crippen LogP) is 4.24. The van der Waals surface area contributed by atoms with E-state index in [2.05, 4.69) is 22.6 Å². The Hall–Kier alpha value is -1.30. The molecule has 0 aliphatic heterocycles. The lowest BCUT2D eigenvalue weighted by atomic mass is 10.1. The van der Waals surface area contributed by atoms with E-state index in [-0.39, 0.29) is 11.9 Å². The Morgan fingerprint density at radius 1 is 1.30 bits per heavy atom. The Morgan fingerprint density at radius 3 is 2.60 bits per heavy atom. The quantitative estimate of drug-likeness (QED) is 0.740. The molecule has 106 valence electrons. The molecule has 1 aromatic carbocycles. The molecule has 1 aromatic heterocycles. The minimum atomic E-state index is 0.0348. The summed E-state index contributed by atoms with van der Waals surface area (Å²) in [6, 6.07) is 11.6. The van der Waals surface area contributed by atoms with Gasteiger partial charge in [0, 0.05) is 15.2 Å². The second kappa shape index (κ2) is 6.43. The molecule has 4 heteroatoms. The van der Waals surface area contributed by atoms with Crippen LogP contribution in [0.3, 0.4) is 0 Å². The summed E-state index contributed by atoms with van der Waals surface area (Å²) in [5, 5.41) is 0. The van der Waals surface area contributed by atoms with Crippen molar-refractivity contribution in [2.75, 3.05) is 0 Å². The van der Waals surface area contributed by atoms with Crippen LogP contribution >= 0.6 is 22.6 Å². The molecule has 0 aliphatic rings. The molecule has 2 aromatic rings. The van der Waals surface area contributed by atoms with Gasteiger partial charge in [-0.1, -0.05) is 6.07 Å². The van der Waals surface area contributed by atoms with Gasteiger partial charge in [0.1, 0.15) is 11.5 Å². The third kappa shape index (κ3) is 3.62. The smallest absolute Gasteiger partial charge is 0.254 e. The van der Waals surface area contributed by atoms with E-state index >= 15 is 0 Å². The molecule has 0 saturated carbocycles. The molecule has 0 radical (unpaired) electrons. The van der Waals surface area contributed by atoms with E-state index in [4.69, 9.17) is 4.42 Å². The maximum atomic E-state index is 12.6. The molecule has 0 N–H and O–H groups in total. The topological polar surface area (TPSA) is 33.5 Å². The third-order valence-corrected chi connectivity index (χ3v) is 3.75. The highest BCUT2D eigenvalue weighted by Crippen LogP contribution is 2.16. The van der Waals surface area contributed by atoms with E-state index in [1.165, 1.54) is 0 Å². The van der Waals surface area contributed by atoms with E-state index in [1.807, 2.05) is 62.1 Å². The van der Waals surface area contributed by atoms with Gasteiger partial charge >= 0.3 is 0 Å². The van der Waals surface area contributed by atoms with Gasteiger partial charge in [-0.05, 0) is 73.7 Å². The predicted molar refractivity (Wildman–Crippen MR) is 87.6 cm³/mol. The van der Waals surface area contributed by atoms with Crippen LogP contribution in [0, 0.1) is 10.5 Å². The highest BCUT2D eigenvalue weighted by atomic mass is 127. The summed E-state index contributed by atoms with van der Waals surface area (Å²) < 4.78 is 6.64. The monoisotopic (exact) mass is 383 g/mol. The van der Waals surface area contributed by atoms with Crippen LogP contribution in [0.2, 0.25) is 0 Å². The second-order valence-corrected chi connectivity index (χ2v) is 6.30. The van der Waals surface area contributed by atoms with Gasteiger partial charge in [0.15, 0.2) is 0 Å². The maximum Gasteiger partial charge on any atom is 0.254 e. The van der Waals surface area contributed by atoms with Gasteiger partial charge in [-0.15, -0.1) is 0 Å². The van der Waals surface area contributed by atoms with Crippen molar-refractivity contribution in [3.63, 3.8) is 0 Å². The van der Waals surface area contributed by atoms with Gasteiger partial charge < -0.3 is 9.32 Å². The Kier molecular flexibility index (Phi) is 4.86. The van der Waals surface area contributed by atoms with Crippen LogP contribution in [-0.4, -0.2) is 16.8 Å². The van der Waals surface area contributed by atoms with E-state index < -0.39 is 0 Å². The number of furan rings is 1. The van der Waals surface area contributed by atoms with Gasteiger partial charge in [0.05, 0.1) is 6.54 Å². The standard InChI is InChI=1S/C16H18INO2/c1-11(2)18(10-15-8-7-12(3)20-15)16(19)13-5-4-6-14(17)9-13/h4-9,11H,10H2,1-3H3. The summed E-state index contributed by atoms with van der Waals surface area (Å²) in [6.07, 6.45) is 0. The van der Waals surface area contributed by atoms with Crippen molar-refractivity contribution in [2.24, 2.45) is 0 Å². The SMILES string of the molecule is Cc1ccc(CN(C(=O)c2cccc(I)c2)C(C)C)o1. The van der Waals surface area contributed by atoms with E-state index in [1.54, 1.807) is 0 Å². The second-order valence-electron chi connectivity index (χ2n) is 5.05. The molecule has 3 nitrogen and oxygen atoms in total. The number of amides is 1. The zero-order valence-corrected chi connectivity index (χ0v) is 14.0. The number of hydrogen-bond acceptors (Lipinski definition) is 2. The average molecular weight is 383 g/mol. The number of rotatable bonds is 4. The number of hydrogen-bond donors (Lipinski definition) is 0. The Morgan fingerprint density at radius 2 is 2.05 bits per heavy atom. The van der Waals surface area contributed by atoms with Crippen molar-refractivity contribution >= 4 is 28.5 Å². The first-order chi connectivity index (χ1) is 9.47. The first-order valence-corrected chi connectivity index (χ1v) is 7.67. The van der Waals surface area contributed by atoms with E-state index in [0.717, 1.165) is 15.1 Å². The molecule has 1 amide bonds. The lowest BCUT2D eigenvalue weighted by Crippen LogP contribution is -2.36. The van der Waals surface area contributed by atoms with Crippen LogP contribution < -0.4 is 0 Å². The fourth-order valence-electron chi connectivity index (χ4n) is 2.01. The van der Waals surface area contributed by atoms with Crippen LogP contribution in [0.1, 0.15) is 35.7 Å². The lowest BCUT2D eigenvalue weighted by Gasteiger charge is -2.26. The number of benzene rings is 1. The summed E-state index contributed by atoms with van der Waals surface area (Å²) in [4.78, 5) is 14.5. The fraction of sp³-hybridized carbons (Fsp3) is 0.312. The first kappa shape index (κ1) is 15.1. The van der Waals surface area contributed by atoms with Crippen molar-refractivity contribution in [1.82, 2.24) is 4.90 Å². The number of halogens is 1. The van der Waals surface area contributed by atoms with Gasteiger partial charge in [0.25, 0.3) is 5.91 Å². The molecular formula is C16H18INO2. The molecule has 1 heterocycles. The van der Waals surface area contributed by atoms with Crippen molar-refractivity contribution in [3.8, 4) is 0 Å². The summed E-state index contributed by atoms with van der Waals surface area (Å²) in [7, 11) is 0. The molecule has 0 aliphatic carbocycles. The number of aryl methyl sites for hydroxylation is 1. The highest BCUT2D eigenvalue weighted by molar-refractivity contribution is 14.1.